The van der Waals surface area contributed by atoms with Gasteiger partial charge < -0.3 is 15.2 Å². The lowest BCUT2D eigenvalue weighted by Gasteiger charge is -2.22. The minimum Gasteiger partial charge on any atom is -0.444 e. The zero-order valence-electron chi connectivity index (χ0n) is 12.0. The first-order valence-corrected chi connectivity index (χ1v) is 6.63. The number of carbonyl (C=O) groups excluding carboxylic acids is 1. The molecule has 1 fully saturated rings. The number of hydrogen-bond acceptors (Lipinski definition) is 4. The van der Waals surface area contributed by atoms with Crippen molar-refractivity contribution in [3.05, 3.63) is 0 Å². The maximum absolute atomic E-state index is 11.7. The van der Waals surface area contributed by atoms with Crippen LogP contribution >= 0.6 is 0 Å². The number of rotatable bonds is 4. The third-order valence-electron chi connectivity index (χ3n) is 3.00. The highest BCUT2D eigenvalue weighted by Crippen LogP contribution is 2.18. The number of terminal acetylenes is 1. The van der Waals surface area contributed by atoms with E-state index in [4.69, 9.17) is 11.2 Å². The van der Waals surface area contributed by atoms with Crippen LogP contribution in [0.5, 0.6) is 0 Å². The van der Waals surface area contributed by atoms with E-state index in [0.29, 0.717) is 13.0 Å². The van der Waals surface area contributed by atoms with Crippen LogP contribution in [0.2, 0.25) is 0 Å². The van der Waals surface area contributed by atoms with Gasteiger partial charge in [0.05, 0.1) is 6.61 Å². The average Bonchev–Trinajstić information content (AvgIpc) is 2.65. The van der Waals surface area contributed by atoms with Crippen LogP contribution in [0.1, 0.15) is 33.6 Å². The highest BCUT2D eigenvalue weighted by atomic mass is 16.6. The first-order chi connectivity index (χ1) is 8.85. The van der Waals surface area contributed by atoms with Crippen LogP contribution in [-0.4, -0.2) is 53.5 Å². The van der Waals surface area contributed by atoms with Gasteiger partial charge in [0.1, 0.15) is 5.60 Å². The van der Waals surface area contributed by atoms with Crippen molar-refractivity contribution in [3.63, 3.8) is 0 Å². The quantitative estimate of drug-likeness (QED) is 0.746. The van der Waals surface area contributed by atoms with E-state index in [1.807, 2.05) is 20.8 Å². The van der Waals surface area contributed by atoms with Crippen LogP contribution < -0.4 is 5.32 Å². The summed E-state index contributed by atoms with van der Waals surface area (Å²) in [6.45, 7) is 7.02. The Morgan fingerprint density at radius 1 is 1.58 bits per heavy atom. The zero-order chi connectivity index (χ0) is 14.5. The Hall–Kier alpha value is -1.25. The molecule has 0 aromatic carbocycles. The lowest BCUT2D eigenvalue weighted by molar-refractivity contribution is 0.0506. The van der Waals surface area contributed by atoms with E-state index in [-0.39, 0.29) is 18.7 Å². The largest absolute Gasteiger partial charge is 0.444 e. The molecule has 0 saturated carbocycles. The molecule has 0 spiro atoms. The van der Waals surface area contributed by atoms with Gasteiger partial charge in [0.25, 0.3) is 0 Å². The van der Waals surface area contributed by atoms with E-state index in [9.17, 15) is 9.90 Å². The van der Waals surface area contributed by atoms with E-state index >= 15 is 0 Å². The van der Waals surface area contributed by atoms with E-state index < -0.39 is 11.7 Å². The summed E-state index contributed by atoms with van der Waals surface area (Å²) in [4.78, 5) is 13.8. The third-order valence-corrected chi connectivity index (χ3v) is 3.00. The Labute approximate surface area is 115 Å². The summed E-state index contributed by atoms with van der Waals surface area (Å²) < 4.78 is 5.22. The molecular weight excluding hydrogens is 244 g/mol. The van der Waals surface area contributed by atoms with Crippen LogP contribution in [0.25, 0.3) is 0 Å². The SMILES string of the molecule is C#CCCN1C[C@@H](NC(=O)OC(C)(C)C)C[C@H]1CO. The van der Waals surface area contributed by atoms with Crippen molar-refractivity contribution < 1.29 is 14.6 Å². The molecule has 0 aromatic heterocycles. The molecule has 0 radical (unpaired) electrons. The molecule has 5 nitrogen and oxygen atoms in total. The van der Waals surface area contributed by atoms with E-state index in [1.165, 1.54) is 0 Å². The number of alkyl carbamates (subject to hydrolysis) is 1. The minimum absolute atomic E-state index is 0.00442. The first kappa shape index (κ1) is 15.8. The summed E-state index contributed by atoms with van der Waals surface area (Å²) >= 11 is 0. The Bertz CT molecular complexity index is 344. The van der Waals surface area contributed by atoms with E-state index in [0.717, 1.165) is 13.0 Å². The molecule has 5 heteroatoms. The highest BCUT2D eigenvalue weighted by molar-refractivity contribution is 5.68. The number of hydrogen-bond donors (Lipinski definition) is 2. The number of ether oxygens (including phenoxy) is 1. The van der Waals surface area contributed by atoms with E-state index in [1.54, 1.807) is 0 Å². The standard InChI is InChI=1S/C14H24N2O3/c1-5-6-7-16-9-11(8-12(16)10-17)15-13(18)19-14(2,3)4/h1,11-12,17H,6-10H2,2-4H3,(H,15,18)/t11-,12-/m0/s1. The van der Waals surface area contributed by atoms with Crippen molar-refractivity contribution in [1.82, 2.24) is 10.2 Å². The molecule has 1 aliphatic heterocycles. The molecule has 2 N–H and O–H groups in total. The van der Waals surface area contributed by atoms with Gasteiger partial charge in [0, 0.05) is 31.6 Å². The predicted octanol–water partition coefficient (Wildman–Crippen LogP) is 0.970. The van der Waals surface area contributed by atoms with Gasteiger partial charge in [-0.2, -0.15) is 0 Å². The molecule has 1 amide bonds. The van der Waals surface area contributed by atoms with Crippen molar-refractivity contribution in [2.45, 2.75) is 51.3 Å². The number of likely N-dealkylation sites (tertiary alicyclic amines) is 1. The molecule has 1 heterocycles. The van der Waals surface area contributed by atoms with Gasteiger partial charge in [0.2, 0.25) is 0 Å². The third kappa shape index (κ3) is 5.50. The summed E-state index contributed by atoms with van der Waals surface area (Å²) in [6.07, 6.45) is 6.21. The van der Waals surface area contributed by atoms with E-state index in [2.05, 4.69) is 16.1 Å². The summed E-state index contributed by atoms with van der Waals surface area (Å²) in [5, 5.41) is 12.2. The first-order valence-electron chi connectivity index (χ1n) is 6.63. The summed E-state index contributed by atoms with van der Waals surface area (Å²) in [5.74, 6) is 2.59. The number of carbonyl (C=O) groups is 1. The monoisotopic (exact) mass is 268 g/mol. The van der Waals surface area contributed by atoms with Gasteiger partial charge in [0.15, 0.2) is 0 Å². The minimum atomic E-state index is -0.498. The molecular formula is C14H24N2O3. The fraction of sp³-hybridized carbons (Fsp3) is 0.786. The predicted molar refractivity (Wildman–Crippen MR) is 73.7 cm³/mol. The van der Waals surface area contributed by atoms with Crippen molar-refractivity contribution in [2.24, 2.45) is 0 Å². The molecule has 0 aromatic rings. The fourth-order valence-corrected chi connectivity index (χ4v) is 2.23. The van der Waals surface area contributed by atoms with Gasteiger partial charge in [-0.05, 0) is 27.2 Å². The molecule has 19 heavy (non-hydrogen) atoms. The molecule has 1 rings (SSSR count). The van der Waals surface area contributed by atoms with Crippen LogP contribution in [0.4, 0.5) is 4.79 Å². The molecule has 2 atom stereocenters. The number of aliphatic hydroxyl groups excluding tert-OH is 1. The maximum Gasteiger partial charge on any atom is 0.407 e. The molecule has 1 saturated heterocycles. The van der Waals surface area contributed by atoms with Crippen LogP contribution in [0.15, 0.2) is 0 Å². The Balaban J connectivity index is 2.44. The topological polar surface area (TPSA) is 61.8 Å². The Morgan fingerprint density at radius 2 is 2.26 bits per heavy atom. The number of amides is 1. The van der Waals surface area contributed by atoms with Gasteiger partial charge in [-0.15, -0.1) is 12.3 Å². The second kappa shape index (κ2) is 6.78. The lowest BCUT2D eigenvalue weighted by Crippen LogP contribution is -2.40. The molecule has 1 aliphatic rings. The van der Waals surface area contributed by atoms with Crippen LogP contribution in [0, 0.1) is 12.3 Å². The van der Waals surface area contributed by atoms with Crippen molar-refractivity contribution >= 4 is 6.09 Å². The highest BCUT2D eigenvalue weighted by Gasteiger charge is 2.32. The second-order valence-electron chi connectivity index (χ2n) is 5.86. The van der Waals surface area contributed by atoms with Gasteiger partial charge in [-0.25, -0.2) is 4.79 Å². The second-order valence-corrected chi connectivity index (χ2v) is 5.86. The number of aliphatic hydroxyl groups is 1. The molecule has 0 bridgehead atoms. The smallest absolute Gasteiger partial charge is 0.407 e. The van der Waals surface area contributed by atoms with Crippen molar-refractivity contribution in [1.29, 1.82) is 0 Å². The normalized spacial score (nSPS) is 23.9. The number of nitrogens with one attached hydrogen (secondary N) is 1. The Kier molecular flexibility index (Phi) is 5.64. The van der Waals surface area contributed by atoms with Gasteiger partial charge in [-0.3, -0.25) is 4.90 Å². The zero-order valence-corrected chi connectivity index (χ0v) is 12.0. The molecule has 0 unspecified atom stereocenters. The summed E-state index contributed by atoms with van der Waals surface area (Å²) in [5.41, 5.74) is -0.498. The van der Waals surface area contributed by atoms with Crippen LogP contribution in [0.3, 0.4) is 0 Å². The van der Waals surface area contributed by atoms with Gasteiger partial charge in [-0.1, -0.05) is 0 Å². The van der Waals surface area contributed by atoms with Crippen molar-refractivity contribution in [2.75, 3.05) is 19.7 Å². The average molecular weight is 268 g/mol. The summed E-state index contributed by atoms with van der Waals surface area (Å²) in [7, 11) is 0. The number of nitrogens with zero attached hydrogens (tertiary/aromatic N) is 1. The fourth-order valence-electron chi connectivity index (χ4n) is 2.23. The molecule has 108 valence electrons. The van der Waals surface area contributed by atoms with Gasteiger partial charge >= 0.3 is 6.09 Å². The summed E-state index contributed by atoms with van der Waals surface area (Å²) in [6, 6.07) is 0.0676. The van der Waals surface area contributed by atoms with Crippen molar-refractivity contribution in [3.8, 4) is 12.3 Å². The lowest BCUT2D eigenvalue weighted by atomic mass is 10.2. The maximum atomic E-state index is 11.7. The Morgan fingerprint density at radius 3 is 2.79 bits per heavy atom. The van der Waals surface area contributed by atoms with Crippen LogP contribution in [-0.2, 0) is 4.74 Å². The molecule has 0 aliphatic carbocycles.